The Balaban J connectivity index is 1.81. The van der Waals surface area contributed by atoms with Crippen LogP contribution in [0, 0.1) is 0 Å². The molecule has 2 N–H and O–H groups in total. The average Bonchev–Trinajstić information content (AvgIpc) is 2.80. The third-order valence-corrected chi connectivity index (χ3v) is 4.91. The van der Waals surface area contributed by atoms with Crippen molar-refractivity contribution in [2.45, 2.75) is 52.9 Å². The number of aromatic hydroxyl groups is 1. The predicted molar refractivity (Wildman–Crippen MR) is 129 cm³/mol. The fourth-order valence-electron chi connectivity index (χ4n) is 3.30. The second-order valence-corrected chi connectivity index (χ2v) is 7.68. The van der Waals surface area contributed by atoms with E-state index in [4.69, 9.17) is 14.2 Å². The Morgan fingerprint density at radius 1 is 1.00 bits per heavy atom. The van der Waals surface area contributed by atoms with E-state index in [1.54, 1.807) is 43.3 Å². The van der Waals surface area contributed by atoms with Gasteiger partial charge in [0.25, 0.3) is 0 Å². The first-order valence-electron chi connectivity index (χ1n) is 11.5. The number of ether oxygens (including phenoxy) is 3. The van der Waals surface area contributed by atoms with E-state index in [-0.39, 0.29) is 30.3 Å². The maximum Gasteiger partial charge on any atom is 0.306 e. The van der Waals surface area contributed by atoms with Crippen molar-refractivity contribution in [1.82, 2.24) is 0 Å². The predicted octanol–water partition coefficient (Wildman–Crippen LogP) is 4.68. The monoisotopic (exact) mass is 471 g/mol. The van der Waals surface area contributed by atoms with Gasteiger partial charge in [0, 0.05) is 30.2 Å². The number of ketones is 1. The van der Waals surface area contributed by atoms with Crippen LogP contribution in [0.2, 0.25) is 0 Å². The van der Waals surface area contributed by atoms with Crippen molar-refractivity contribution >= 4 is 23.3 Å². The van der Waals surface area contributed by atoms with E-state index >= 15 is 0 Å². The summed E-state index contributed by atoms with van der Waals surface area (Å²) >= 11 is 0. The highest BCUT2D eigenvalue weighted by atomic mass is 16.5. The molecule has 0 radical (unpaired) electrons. The molecule has 8 heteroatoms. The maximum absolute atomic E-state index is 12.0. The van der Waals surface area contributed by atoms with E-state index in [9.17, 15) is 19.5 Å². The van der Waals surface area contributed by atoms with Crippen LogP contribution in [-0.4, -0.2) is 42.6 Å². The zero-order valence-electron chi connectivity index (χ0n) is 20.0. The lowest BCUT2D eigenvalue weighted by Crippen LogP contribution is -2.14. The number of hydrogen-bond donors (Lipinski definition) is 2. The number of Topliss-reactive ketones (excluding diaryl/α,β-unsaturated/α-hetero) is 1. The molecule has 0 atom stereocenters. The lowest BCUT2D eigenvalue weighted by atomic mass is 10.0. The van der Waals surface area contributed by atoms with Crippen LogP contribution in [-0.2, 0) is 20.7 Å². The molecule has 0 heterocycles. The minimum atomic E-state index is -0.399. The smallest absolute Gasteiger partial charge is 0.306 e. The molecule has 2 aromatic rings. The number of esters is 1. The van der Waals surface area contributed by atoms with Crippen molar-refractivity contribution in [3.05, 3.63) is 47.5 Å². The Labute approximate surface area is 200 Å². The van der Waals surface area contributed by atoms with E-state index < -0.39 is 5.97 Å². The number of rotatable bonds is 14. The molecule has 0 aliphatic carbocycles. The van der Waals surface area contributed by atoms with Crippen molar-refractivity contribution in [3.63, 3.8) is 0 Å². The van der Waals surface area contributed by atoms with Crippen LogP contribution in [0.3, 0.4) is 0 Å². The first kappa shape index (κ1) is 26.7. The van der Waals surface area contributed by atoms with E-state index in [1.165, 1.54) is 6.92 Å². The van der Waals surface area contributed by atoms with Gasteiger partial charge in [0.2, 0.25) is 5.91 Å². The summed E-state index contributed by atoms with van der Waals surface area (Å²) in [6.07, 6.45) is 2.09. The molecule has 34 heavy (non-hydrogen) atoms. The molecule has 2 aromatic carbocycles. The van der Waals surface area contributed by atoms with E-state index in [0.717, 1.165) is 6.42 Å². The highest BCUT2D eigenvalue weighted by Crippen LogP contribution is 2.33. The van der Waals surface area contributed by atoms with Gasteiger partial charge in [0.1, 0.15) is 17.2 Å². The lowest BCUT2D eigenvalue weighted by molar-refractivity contribution is -0.144. The summed E-state index contributed by atoms with van der Waals surface area (Å²) in [4.78, 5) is 35.1. The van der Waals surface area contributed by atoms with Gasteiger partial charge in [0.15, 0.2) is 5.78 Å². The third-order valence-electron chi connectivity index (χ3n) is 4.91. The molecule has 0 aliphatic rings. The van der Waals surface area contributed by atoms with E-state index in [1.807, 2.05) is 6.92 Å². The van der Waals surface area contributed by atoms with E-state index in [2.05, 4.69) is 5.32 Å². The summed E-state index contributed by atoms with van der Waals surface area (Å²) in [5.41, 5.74) is 1.52. The van der Waals surface area contributed by atoms with Crippen molar-refractivity contribution in [2.24, 2.45) is 0 Å². The molecule has 0 fully saturated rings. The SMILES string of the molecule is CCCc1c(OCCCOc2cccc(NC(=O)CCC(=O)OCC)c2)ccc(C(C)=O)c1O. The third kappa shape index (κ3) is 8.42. The standard InChI is InChI=1S/C26H33NO7/c1-4-8-22-23(12-11-21(18(3)28)26(22)31)34-16-7-15-33-20-10-6-9-19(17-20)27-24(29)13-14-25(30)32-5-2/h6,9-12,17,31H,4-5,7-8,13-16H2,1-3H3,(H,27,29). The Bertz CT molecular complexity index is 987. The molecule has 0 unspecified atom stereocenters. The van der Waals surface area contributed by atoms with Crippen molar-refractivity contribution < 1.29 is 33.7 Å². The topological polar surface area (TPSA) is 111 Å². The second-order valence-electron chi connectivity index (χ2n) is 7.68. The summed E-state index contributed by atoms with van der Waals surface area (Å²) < 4.78 is 16.4. The van der Waals surface area contributed by atoms with Gasteiger partial charge in [-0.1, -0.05) is 19.4 Å². The quantitative estimate of drug-likeness (QED) is 0.234. The number of nitrogens with one attached hydrogen (secondary N) is 1. The molecule has 8 nitrogen and oxygen atoms in total. The summed E-state index contributed by atoms with van der Waals surface area (Å²) in [6.45, 7) is 6.19. The van der Waals surface area contributed by atoms with Crippen LogP contribution >= 0.6 is 0 Å². The summed E-state index contributed by atoms with van der Waals surface area (Å²) in [5.74, 6) is 0.288. The fourth-order valence-corrected chi connectivity index (χ4v) is 3.30. The zero-order chi connectivity index (χ0) is 24.9. The first-order valence-corrected chi connectivity index (χ1v) is 11.5. The molecule has 0 spiro atoms. The van der Waals surface area contributed by atoms with Crippen molar-refractivity contribution in [2.75, 3.05) is 25.1 Å². The van der Waals surface area contributed by atoms with Gasteiger partial charge in [-0.2, -0.15) is 0 Å². The molecular formula is C26H33NO7. The van der Waals surface area contributed by atoms with E-state index in [0.29, 0.717) is 61.0 Å². The summed E-state index contributed by atoms with van der Waals surface area (Å²) in [5, 5.41) is 13.2. The number of anilines is 1. The first-order chi connectivity index (χ1) is 16.3. The molecule has 184 valence electrons. The normalized spacial score (nSPS) is 10.4. The molecule has 0 bridgehead atoms. The molecule has 0 saturated carbocycles. The summed E-state index contributed by atoms with van der Waals surface area (Å²) in [6, 6.07) is 10.3. The van der Waals surface area contributed by atoms with Crippen molar-refractivity contribution in [3.8, 4) is 17.2 Å². The number of hydrogen-bond acceptors (Lipinski definition) is 7. The molecule has 2 rings (SSSR count). The van der Waals surface area contributed by atoms with Crippen LogP contribution in [0.4, 0.5) is 5.69 Å². The van der Waals surface area contributed by atoms with Gasteiger partial charge >= 0.3 is 5.97 Å². The molecular weight excluding hydrogens is 438 g/mol. The molecule has 0 saturated heterocycles. The number of phenols is 1. The van der Waals surface area contributed by atoms with Crippen LogP contribution < -0.4 is 14.8 Å². The van der Waals surface area contributed by atoms with Crippen molar-refractivity contribution in [1.29, 1.82) is 0 Å². The van der Waals surface area contributed by atoms with Gasteiger partial charge in [-0.3, -0.25) is 14.4 Å². The second kappa shape index (κ2) is 13.9. The maximum atomic E-state index is 12.0. The van der Waals surface area contributed by atoms with Gasteiger partial charge in [-0.15, -0.1) is 0 Å². The largest absolute Gasteiger partial charge is 0.507 e. The van der Waals surface area contributed by atoms with Gasteiger partial charge in [0.05, 0.1) is 31.8 Å². The highest BCUT2D eigenvalue weighted by molar-refractivity contribution is 5.97. The molecule has 0 aliphatic heterocycles. The molecule has 1 amide bonds. The van der Waals surface area contributed by atoms with Crippen LogP contribution in [0.25, 0.3) is 0 Å². The fraction of sp³-hybridized carbons (Fsp3) is 0.423. The summed E-state index contributed by atoms with van der Waals surface area (Å²) in [7, 11) is 0. The number of carbonyl (C=O) groups excluding carboxylic acids is 3. The number of carbonyl (C=O) groups is 3. The minimum Gasteiger partial charge on any atom is -0.507 e. The lowest BCUT2D eigenvalue weighted by Gasteiger charge is -2.15. The Kier molecular flexibility index (Phi) is 10.9. The number of amides is 1. The Morgan fingerprint density at radius 3 is 2.47 bits per heavy atom. The Hall–Kier alpha value is -3.55. The highest BCUT2D eigenvalue weighted by Gasteiger charge is 2.16. The van der Waals surface area contributed by atoms with Gasteiger partial charge in [-0.25, -0.2) is 0 Å². The van der Waals surface area contributed by atoms with Gasteiger partial charge in [-0.05, 0) is 44.5 Å². The van der Waals surface area contributed by atoms with Crippen LogP contribution in [0.15, 0.2) is 36.4 Å². The number of benzene rings is 2. The minimum absolute atomic E-state index is 0.00998. The Morgan fingerprint density at radius 2 is 1.76 bits per heavy atom. The molecule has 0 aromatic heterocycles. The number of phenolic OH excluding ortho intramolecular Hbond substituents is 1. The average molecular weight is 472 g/mol. The van der Waals surface area contributed by atoms with Crippen LogP contribution in [0.5, 0.6) is 17.2 Å². The van der Waals surface area contributed by atoms with Gasteiger partial charge < -0.3 is 24.6 Å². The van der Waals surface area contributed by atoms with Crippen LogP contribution in [0.1, 0.15) is 62.4 Å². The zero-order valence-corrected chi connectivity index (χ0v) is 20.0.